The van der Waals surface area contributed by atoms with Crippen LogP contribution in [0.3, 0.4) is 0 Å². The van der Waals surface area contributed by atoms with Gasteiger partial charge in [-0.15, -0.1) is 0 Å². The largest absolute Gasteiger partial charge is 0.504 e. The van der Waals surface area contributed by atoms with E-state index < -0.39 is 6.10 Å². The van der Waals surface area contributed by atoms with Crippen LogP contribution in [0.15, 0.2) is 18.2 Å². The lowest BCUT2D eigenvalue weighted by atomic mass is 9.86. The number of carbonyl (C=O) groups excluding carboxylic acids is 1. The second kappa shape index (κ2) is 12.6. The van der Waals surface area contributed by atoms with Gasteiger partial charge in [0.1, 0.15) is 12.2 Å². The Labute approximate surface area is 199 Å². The molecule has 2 fully saturated rings. The zero-order valence-corrected chi connectivity index (χ0v) is 20.5. The number of aliphatic hydroxyl groups is 1. The van der Waals surface area contributed by atoms with Crippen LogP contribution in [0.25, 0.3) is 0 Å². The van der Waals surface area contributed by atoms with Gasteiger partial charge in [-0.2, -0.15) is 0 Å². The Kier molecular flexibility index (Phi) is 9.87. The fourth-order valence-electron chi connectivity index (χ4n) is 5.47. The number of ether oxygens (including phenoxy) is 2. The molecule has 1 aliphatic heterocycles. The Morgan fingerprint density at radius 1 is 1.24 bits per heavy atom. The average Bonchev–Trinajstić information content (AvgIpc) is 3.21. The zero-order chi connectivity index (χ0) is 23.7. The van der Waals surface area contributed by atoms with Crippen molar-refractivity contribution in [3.63, 3.8) is 0 Å². The number of hydrogen-bond acceptors (Lipinski definition) is 6. The third-order valence-electron chi connectivity index (χ3n) is 7.23. The number of aliphatic hydroxyl groups excluding tert-OH is 1. The van der Waals surface area contributed by atoms with E-state index in [0.717, 1.165) is 50.6 Å². The first-order chi connectivity index (χ1) is 15.9. The number of aryl methyl sites for hydroxylation is 1. The van der Waals surface area contributed by atoms with E-state index in [1.54, 1.807) is 6.07 Å². The number of aromatic hydroxyl groups is 1. The summed E-state index contributed by atoms with van der Waals surface area (Å²) in [6, 6.07) is 5.50. The fraction of sp³-hybridized carbons (Fsp3) is 0.741. The standard InChI is InChI=1S/C27H43NO5/c1-3-4-5-8-22(30)18-23(32-20(2)29)11-9-21-10-12-25(31)26(17-21)33-24-13-16-28-27(19-24)14-6-7-15-27/h10,12,17,22-24,28,30-31H,3-9,11,13-16,18-19H2,1-2H3/t22-,23+,24+/m0/s1. The number of phenolic OH excluding ortho intramolecular Hbond substituents is 1. The maximum Gasteiger partial charge on any atom is 0.302 e. The summed E-state index contributed by atoms with van der Waals surface area (Å²) in [6.07, 6.45) is 11.9. The molecule has 186 valence electrons. The molecule has 0 unspecified atom stereocenters. The number of esters is 1. The van der Waals surface area contributed by atoms with Crippen LogP contribution in [0.2, 0.25) is 0 Å². The van der Waals surface area contributed by atoms with Gasteiger partial charge in [0, 0.05) is 25.3 Å². The Hall–Kier alpha value is -1.79. The Morgan fingerprint density at radius 3 is 2.76 bits per heavy atom. The van der Waals surface area contributed by atoms with Crippen LogP contribution in [0.4, 0.5) is 0 Å². The number of unbranched alkanes of at least 4 members (excludes halogenated alkanes) is 2. The maximum absolute atomic E-state index is 11.6. The number of nitrogens with one attached hydrogen (secondary N) is 1. The highest BCUT2D eigenvalue weighted by Crippen LogP contribution is 2.38. The van der Waals surface area contributed by atoms with Gasteiger partial charge < -0.3 is 25.0 Å². The molecule has 0 bridgehead atoms. The number of phenols is 1. The van der Waals surface area contributed by atoms with Crippen LogP contribution >= 0.6 is 0 Å². The maximum atomic E-state index is 11.6. The molecular formula is C27H43NO5. The molecule has 6 nitrogen and oxygen atoms in total. The van der Waals surface area contributed by atoms with Gasteiger partial charge in [0.15, 0.2) is 11.5 Å². The lowest BCUT2D eigenvalue weighted by Gasteiger charge is -2.39. The second-order valence-corrected chi connectivity index (χ2v) is 10.1. The van der Waals surface area contributed by atoms with Crippen LogP contribution in [-0.2, 0) is 16.0 Å². The molecule has 0 amide bonds. The van der Waals surface area contributed by atoms with Crippen LogP contribution in [0, 0.1) is 0 Å². The van der Waals surface area contributed by atoms with Crippen LogP contribution < -0.4 is 10.1 Å². The molecule has 1 saturated heterocycles. The van der Waals surface area contributed by atoms with E-state index in [9.17, 15) is 15.0 Å². The molecule has 1 aliphatic carbocycles. The molecule has 2 aliphatic rings. The third kappa shape index (κ3) is 8.18. The van der Waals surface area contributed by atoms with E-state index >= 15 is 0 Å². The van der Waals surface area contributed by atoms with Crippen molar-refractivity contribution in [1.29, 1.82) is 0 Å². The molecule has 6 heteroatoms. The van der Waals surface area contributed by atoms with Crippen molar-refractivity contribution in [3.8, 4) is 11.5 Å². The first-order valence-corrected chi connectivity index (χ1v) is 13.0. The molecule has 1 spiro atoms. The molecule has 3 atom stereocenters. The van der Waals surface area contributed by atoms with E-state index in [-0.39, 0.29) is 29.5 Å². The molecule has 3 N–H and O–H groups in total. The molecule has 1 saturated carbocycles. The van der Waals surface area contributed by atoms with Crippen LogP contribution in [0.1, 0.15) is 96.5 Å². The highest BCUT2D eigenvalue weighted by atomic mass is 16.5. The van der Waals surface area contributed by atoms with Gasteiger partial charge in [0.25, 0.3) is 0 Å². The van der Waals surface area contributed by atoms with Gasteiger partial charge in [0.2, 0.25) is 0 Å². The van der Waals surface area contributed by atoms with Crippen molar-refractivity contribution in [2.24, 2.45) is 0 Å². The fourth-order valence-corrected chi connectivity index (χ4v) is 5.47. The lowest BCUT2D eigenvalue weighted by molar-refractivity contribution is -0.148. The molecule has 1 heterocycles. The molecule has 1 aromatic rings. The number of hydrogen-bond donors (Lipinski definition) is 3. The van der Waals surface area contributed by atoms with E-state index in [4.69, 9.17) is 9.47 Å². The van der Waals surface area contributed by atoms with Crippen LogP contribution in [0.5, 0.6) is 11.5 Å². The van der Waals surface area contributed by atoms with Crippen molar-refractivity contribution >= 4 is 5.97 Å². The summed E-state index contributed by atoms with van der Waals surface area (Å²) < 4.78 is 11.8. The second-order valence-electron chi connectivity index (χ2n) is 10.1. The highest BCUT2D eigenvalue weighted by Gasteiger charge is 2.39. The van der Waals surface area contributed by atoms with Crippen LogP contribution in [-0.4, -0.2) is 46.6 Å². The summed E-state index contributed by atoms with van der Waals surface area (Å²) in [5, 5.41) is 24.5. The van der Waals surface area contributed by atoms with Crippen molar-refractivity contribution in [2.75, 3.05) is 6.54 Å². The summed E-state index contributed by atoms with van der Waals surface area (Å²) in [6.45, 7) is 4.51. The summed E-state index contributed by atoms with van der Waals surface area (Å²) in [7, 11) is 0. The Bertz CT molecular complexity index is 746. The molecular weight excluding hydrogens is 418 g/mol. The molecule has 3 rings (SSSR count). The Balaban J connectivity index is 1.56. The van der Waals surface area contributed by atoms with Gasteiger partial charge in [-0.05, 0) is 62.8 Å². The predicted octanol–water partition coefficient (Wildman–Crippen LogP) is 5.03. The number of rotatable bonds is 12. The van der Waals surface area contributed by atoms with E-state index in [1.807, 2.05) is 12.1 Å². The highest BCUT2D eigenvalue weighted by molar-refractivity contribution is 5.66. The Morgan fingerprint density at radius 2 is 2.03 bits per heavy atom. The summed E-state index contributed by atoms with van der Waals surface area (Å²) in [5.41, 5.74) is 1.25. The SMILES string of the molecule is CCCCC[C@H](O)C[C@@H](CCc1ccc(O)c(O[C@@H]2CCNC3(CCCC3)C2)c1)OC(C)=O. The lowest BCUT2D eigenvalue weighted by Crippen LogP contribution is -2.51. The monoisotopic (exact) mass is 461 g/mol. The van der Waals surface area contributed by atoms with Gasteiger partial charge in [-0.1, -0.05) is 45.1 Å². The van der Waals surface area contributed by atoms with Crippen molar-refractivity contribution in [1.82, 2.24) is 5.32 Å². The number of benzene rings is 1. The van der Waals surface area contributed by atoms with Gasteiger partial charge in [0.05, 0.1) is 6.10 Å². The van der Waals surface area contributed by atoms with Crippen molar-refractivity contribution < 1.29 is 24.5 Å². The van der Waals surface area contributed by atoms with Crippen molar-refractivity contribution in [2.45, 2.75) is 121 Å². The van der Waals surface area contributed by atoms with E-state index in [2.05, 4.69) is 12.2 Å². The smallest absolute Gasteiger partial charge is 0.302 e. The van der Waals surface area contributed by atoms with Crippen molar-refractivity contribution in [3.05, 3.63) is 23.8 Å². The minimum absolute atomic E-state index is 0.109. The van der Waals surface area contributed by atoms with E-state index in [0.29, 0.717) is 25.0 Å². The summed E-state index contributed by atoms with van der Waals surface area (Å²) in [5.74, 6) is 0.388. The first kappa shape index (κ1) is 25.8. The topological polar surface area (TPSA) is 88.0 Å². The summed E-state index contributed by atoms with van der Waals surface area (Å²) >= 11 is 0. The molecule has 0 aromatic heterocycles. The minimum atomic E-state index is -0.456. The molecule has 0 radical (unpaired) electrons. The van der Waals surface area contributed by atoms with Gasteiger partial charge in [-0.25, -0.2) is 0 Å². The van der Waals surface area contributed by atoms with Gasteiger partial charge in [-0.3, -0.25) is 4.79 Å². The normalized spacial score (nSPS) is 21.6. The van der Waals surface area contributed by atoms with Gasteiger partial charge >= 0.3 is 5.97 Å². The number of carbonyl (C=O) groups is 1. The molecule has 1 aromatic carbocycles. The quantitative estimate of drug-likeness (QED) is 0.299. The minimum Gasteiger partial charge on any atom is -0.504 e. The predicted molar refractivity (Wildman–Crippen MR) is 130 cm³/mol. The molecule has 33 heavy (non-hydrogen) atoms. The first-order valence-electron chi connectivity index (χ1n) is 13.0. The summed E-state index contributed by atoms with van der Waals surface area (Å²) in [4.78, 5) is 11.6. The van der Waals surface area contributed by atoms with E-state index in [1.165, 1.54) is 32.6 Å². The average molecular weight is 462 g/mol. The zero-order valence-electron chi connectivity index (χ0n) is 20.5. The number of piperidine rings is 1. The third-order valence-corrected chi connectivity index (χ3v) is 7.23.